The van der Waals surface area contributed by atoms with Gasteiger partial charge >= 0.3 is 0 Å². The highest BCUT2D eigenvalue weighted by Gasteiger charge is 2.27. The minimum absolute atomic E-state index is 0.432. The largest absolute Gasteiger partial charge is 0.379 e. The number of nitrogens with zero attached hydrogens (tertiary/aromatic N) is 3. The SMILES string of the molecule is CC1CN(C(CN2CCOCC2)c2cccnc2)CCN1. The lowest BCUT2D eigenvalue weighted by Gasteiger charge is -2.40. The Labute approximate surface area is 127 Å². The second-order valence-corrected chi connectivity index (χ2v) is 6.07. The molecule has 2 unspecified atom stereocenters. The van der Waals surface area contributed by atoms with Crippen LogP contribution in [0.1, 0.15) is 18.5 Å². The Morgan fingerprint density at radius 3 is 2.95 bits per heavy atom. The van der Waals surface area contributed by atoms with E-state index in [1.807, 2.05) is 18.5 Å². The van der Waals surface area contributed by atoms with E-state index in [2.05, 4.69) is 33.1 Å². The van der Waals surface area contributed by atoms with Crippen LogP contribution in [0, 0.1) is 0 Å². The quantitative estimate of drug-likeness (QED) is 0.886. The van der Waals surface area contributed by atoms with Crippen molar-refractivity contribution in [1.29, 1.82) is 0 Å². The number of pyridine rings is 1. The van der Waals surface area contributed by atoms with Gasteiger partial charge in [-0.15, -0.1) is 0 Å². The minimum atomic E-state index is 0.432. The van der Waals surface area contributed by atoms with E-state index >= 15 is 0 Å². The molecule has 0 aliphatic carbocycles. The van der Waals surface area contributed by atoms with Crippen molar-refractivity contribution in [2.45, 2.75) is 19.0 Å². The lowest BCUT2D eigenvalue weighted by atomic mass is 10.0. The molecule has 1 aromatic heterocycles. The molecule has 5 nitrogen and oxygen atoms in total. The summed E-state index contributed by atoms with van der Waals surface area (Å²) in [7, 11) is 0. The van der Waals surface area contributed by atoms with Crippen LogP contribution >= 0.6 is 0 Å². The van der Waals surface area contributed by atoms with Crippen LogP contribution < -0.4 is 5.32 Å². The fraction of sp³-hybridized carbons (Fsp3) is 0.688. The van der Waals surface area contributed by atoms with Crippen molar-refractivity contribution in [3.63, 3.8) is 0 Å². The molecule has 3 heterocycles. The number of nitrogens with one attached hydrogen (secondary N) is 1. The van der Waals surface area contributed by atoms with E-state index in [0.29, 0.717) is 12.1 Å². The van der Waals surface area contributed by atoms with E-state index in [4.69, 9.17) is 4.74 Å². The second-order valence-electron chi connectivity index (χ2n) is 6.07. The molecule has 3 rings (SSSR count). The van der Waals surface area contributed by atoms with Gasteiger partial charge in [0, 0.05) is 63.7 Å². The van der Waals surface area contributed by atoms with Gasteiger partial charge in [0.15, 0.2) is 0 Å². The van der Waals surface area contributed by atoms with Crippen molar-refractivity contribution in [1.82, 2.24) is 20.1 Å². The summed E-state index contributed by atoms with van der Waals surface area (Å²) in [5.41, 5.74) is 1.33. The summed E-state index contributed by atoms with van der Waals surface area (Å²) in [6, 6.07) is 5.25. The van der Waals surface area contributed by atoms with Crippen molar-refractivity contribution < 1.29 is 4.74 Å². The molecule has 2 atom stereocenters. The highest BCUT2D eigenvalue weighted by atomic mass is 16.5. The molecule has 0 amide bonds. The van der Waals surface area contributed by atoms with Gasteiger partial charge in [0.25, 0.3) is 0 Å². The van der Waals surface area contributed by atoms with Crippen LogP contribution in [-0.4, -0.2) is 73.3 Å². The number of aromatic nitrogens is 1. The molecule has 2 aliphatic heterocycles. The lowest BCUT2D eigenvalue weighted by molar-refractivity contribution is 0.0187. The maximum Gasteiger partial charge on any atom is 0.0594 e. The van der Waals surface area contributed by atoms with Crippen LogP contribution in [0.2, 0.25) is 0 Å². The zero-order chi connectivity index (χ0) is 14.5. The van der Waals surface area contributed by atoms with Crippen molar-refractivity contribution in [2.75, 3.05) is 52.5 Å². The van der Waals surface area contributed by atoms with E-state index < -0.39 is 0 Å². The fourth-order valence-electron chi connectivity index (χ4n) is 3.28. The average molecular weight is 290 g/mol. The molecule has 0 saturated carbocycles. The first kappa shape index (κ1) is 14.9. The van der Waals surface area contributed by atoms with Gasteiger partial charge in [-0.2, -0.15) is 0 Å². The Hall–Kier alpha value is -1.01. The number of rotatable bonds is 4. The van der Waals surface area contributed by atoms with Crippen LogP contribution in [0.5, 0.6) is 0 Å². The molecule has 5 heteroatoms. The minimum Gasteiger partial charge on any atom is -0.379 e. The van der Waals surface area contributed by atoms with Gasteiger partial charge in [-0.05, 0) is 18.6 Å². The topological polar surface area (TPSA) is 40.6 Å². The van der Waals surface area contributed by atoms with E-state index in [1.165, 1.54) is 5.56 Å². The van der Waals surface area contributed by atoms with Crippen molar-refractivity contribution in [3.8, 4) is 0 Å². The summed E-state index contributed by atoms with van der Waals surface area (Å²) in [5, 5.41) is 3.53. The summed E-state index contributed by atoms with van der Waals surface area (Å²) in [6.45, 7) is 10.4. The summed E-state index contributed by atoms with van der Waals surface area (Å²) >= 11 is 0. The van der Waals surface area contributed by atoms with Crippen LogP contribution in [0.4, 0.5) is 0 Å². The standard InChI is InChI=1S/C16H26N4O/c1-14-12-20(6-5-18-14)16(15-3-2-4-17-11-15)13-19-7-9-21-10-8-19/h2-4,11,14,16,18H,5-10,12-13H2,1H3. The van der Waals surface area contributed by atoms with Crippen LogP contribution in [0.15, 0.2) is 24.5 Å². The lowest BCUT2D eigenvalue weighted by Crippen LogP contribution is -2.52. The first-order valence-corrected chi connectivity index (χ1v) is 8.00. The number of hydrogen-bond acceptors (Lipinski definition) is 5. The third-order valence-electron chi connectivity index (χ3n) is 4.44. The number of hydrogen-bond donors (Lipinski definition) is 1. The van der Waals surface area contributed by atoms with Gasteiger partial charge in [0.2, 0.25) is 0 Å². The molecule has 2 fully saturated rings. The number of ether oxygens (including phenoxy) is 1. The normalized spacial score (nSPS) is 26.6. The molecule has 116 valence electrons. The van der Waals surface area contributed by atoms with Crippen molar-refractivity contribution >= 4 is 0 Å². The van der Waals surface area contributed by atoms with Gasteiger partial charge in [-0.3, -0.25) is 14.8 Å². The van der Waals surface area contributed by atoms with Gasteiger partial charge in [0.1, 0.15) is 0 Å². The van der Waals surface area contributed by atoms with E-state index in [1.54, 1.807) is 0 Å². The van der Waals surface area contributed by atoms with Gasteiger partial charge < -0.3 is 10.1 Å². The maximum absolute atomic E-state index is 5.47. The number of piperazine rings is 1. The van der Waals surface area contributed by atoms with E-state index in [9.17, 15) is 0 Å². The van der Waals surface area contributed by atoms with Gasteiger partial charge in [-0.1, -0.05) is 6.07 Å². The summed E-state index contributed by atoms with van der Waals surface area (Å²) in [5.74, 6) is 0. The molecule has 2 aliphatic rings. The Morgan fingerprint density at radius 2 is 2.24 bits per heavy atom. The fourth-order valence-corrected chi connectivity index (χ4v) is 3.28. The molecule has 1 N–H and O–H groups in total. The van der Waals surface area contributed by atoms with Crippen LogP contribution in [0.3, 0.4) is 0 Å². The first-order valence-electron chi connectivity index (χ1n) is 8.00. The van der Waals surface area contributed by atoms with Gasteiger partial charge in [-0.25, -0.2) is 0 Å². The van der Waals surface area contributed by atoms with Crippen LogP contribution in [-0.2, 0) is 4.74 Å². The van der Waals surface area contributed by atoms with Gasteiger partial charge in [0.05, 0.1) is 13.2 Å². The van der Waals surface area contributed by atoms with E-state index in [-0.39, 0.29) is 0 Å². The Balaban J connectivity index is 1.73. The average Bonchev–Trinajstić information content (AvgIpc) is 2.54. The second kappa shape index (κ2) is 7.31. The highest BCUT2D eigenvalue weighted by molar-refractivity contribution is 5.15. The molecule has 1 aromatic rings. The summed E-state index contributed by atoms with van der Waals surface area (Å²) in [4.78, 5) is 9.45. The first-order chi connectivity index (χ1) is 10.3. The Kier molecular flexibility index (Phi) is 5.19. The molecular formula is C16H26N4O. The highest BCUT2D eigenvalue weighted by Crippen LogP contribution is 2.23. The molecule has 0 bridgehead atoms. The van der Waals surface area contributed by atoms with Crippen molar-refractivity contribution in [2.24, 2.45) is 0 Å². The molecule has 0 aromatic carbocycles. The Bertz CT molecular complexity index is 422. The molecule has 2 saturated heterocycles. The van der Waals surface area contributed by atoms with Crippen molar-refractivity contribution in [3.05, 3.63) is 30.1 Å². The summed E-state index contributed by atoms with van der Waals surface area (Å²) in [6.07, 6.45) is 3.88. The van der Waals surface area contributed by atoms with Crippen LogP contribution in [0.25, 0.3) is 0 Å². The summed E-state index contributed by atoms with van der Waals surface area (Å²) < 4.78 is 5.47. The smallest absolute Gasteiger partial charge is 0.0594 e. The predicted molar refractivity (Wildman–Crippen MR) is 83.3 cm³/mol. The third kappa shape index (κ3) is 4.01. The Morgan fingerprint density at radius 1 is 1.38 bits per heavy atom. The zero-order valence-electron chi connectivity index (χ0n) is 12.9. The zero-order valence-corrected chi connectivity index (χ0v) is 12.9. The van der Waals surface area contributed by atoms with E-state index in [0.717, 1.165) is 52.5 Å². The molecule has 0 radical (unpaired) electrons. The third-order valence-corrected chi connectivity index (χ3v) is 4.44. The predicted octanol–water partition coefficient (Wildman–Crippen LogP) is 0.749. The molecule has 0 spiro atoms. The number of morpholine rings is 1. The molecular weight excluding hydrogens is 264 g/mol. The molecule has 21 heavy (non-hydrogen) atoms. The maximum atomic E-state index is 5.47. The monoisotopic (exact) mass is 290 g/mol.